The van der Waals surface area contributed by atoms with Crippen molar-refractivity contribution >= 4 is 33.8 Å². The van der Waals surface area contributed by atoms with Crippen LogP contribution in [0, 0.1) is 5.92 Å². The molecule has 4 heteroatoms. The van der Waals surface area contributed by atoms with E-state index in [1.807, 2.05) is 18.2 Å². The number of halogens is 3. The van der Waals surface area contributed by atoms with E-state index in [0.717, 1.165) is 48.2 Å². The van der Waals surface area contributed by atoms with Crippen LogP contribution in [0.4, 0.5) is 30.2 Å². The number of hydrogen-bond acceptors (Lipinski definition) is 1. The topological polar surface area (TPSA) is 3.24 Å². The average molecular weight is 774 g/mol. The Morgan fingerprint density at radius 3 is 1.75 bits per heavy atom. The summed E-state index contributed by atoms with van der Waals surface area (Å²) in [5.74, 6) is 0.0940. The van der Waals surface area contributed by atoms with Gasteiger partial charge in [0.05, 0.1) is 5.56 Å². The molecule has 6 aromatic carbocycles. The van der Waals surface area contributed by atoms with Crippen LogP contribution in [-0.2, 0) is 6.18 Å². The number of benzene rings is 6. The average Bonchev–Trinajstić information content (AvgIpc) is 3.30. The fraction of sp³-hybridized carbons (Fsp3) is 0.127. The predicted molar refractivity (Wildman–Crippen MR) is 237 cm³/mol. The van der Waals surface area contributed by atoms with Crippen molar-refractivity contribution in [2.75, 3.05) is 4.90 Å². The quantitative estimate of drug-likeness (QED) is 0.156. The summed E-state index contributed by atoms with van der Waals surface area (Å²) in [6, 6.07) is 52.5. The van der Waals surface area contributed by atoms with Crippen LogP contribution in [0.1, 0.15) is 59.4 Å². The number of nitrogens with zero attached hydrogens (tertiary/aromatic N) is 1. The number of rotatable bonds is 7. The Balaban J connectivity index is 1.19. The Hall–Kier alpha value is -6.65. The molecular weight excluding hydrogens is 732 g/mol. The van der Waals surface area contributed by atoms with E-state index in [1.54, 1.807) is 12.1 Å². The molecule has 0 amide bonds. The van der Waals surface area contributed by atoms with Crippen molar-refractivity contribution in [1.29, 1.82) is 0 Å². The normalized spacial score (nSPS) is 18.4. The van der Waals surface area contributed by atoms with E-state index >= 15 is 0 Å². The molecule has 0 radical (unpaired) electrons. The van der Waals surface area contributed by atoms with Gasteiger partial charge in [0.15, 0.2) is 0 Å². The molecule has 0 saturated heterocycles. The van der Waals surface area contributed by atoms with Gasteiger partial charge in [-0.05, 0) is 147 Å². The van der Waals surface area contributed by atoms with Gasteiger partial charge in [0.2, 0.25) is 0 Å². The third-order valence-corrected chi connectivity index (χ3v) is 12.2. The van der Waals surface area contributed by atoms with E-state index in [1.165, 1.54) is 67.8 Å². The van der Waals surface area contributed by atoms with Gasteiger partial charge in [0.1, 0.15) is 0 Å². The molecule has 1 nitrogen and oxygen atoms in total. The molecule has 0 N–H and O–H groups in total. The van der Waals surface area contributed by atoms with Gasteiger partial charge in [0.25, 0.3) is 0 Å². The molecule has 2 atom stereocenters. The summed E-state index contributed by atoms with van der Waals surface area (Å²) < 4.78 is 41.6. The first kappa shape index (κ1) is 36.7. The summed E-state index contributed by atoms with van der Waals surface area (Å²) >= 11 is 0. The fourth-order valence-corrected chi connectivity index (χ4v) is 9.56. The first-order chi connectivity index (χ1) is 28.9. The minimum absolute atomic E-state index is 0.0228. The molecule has 0 aliphatic heterocycles. The van der Waals surface area contributed by atoms with E-state index in [4.69, 9.17) is 0 Å². The van der Waals surface area contributed by atoms with Gasteiger partial charge in [-0.3, -0.25) is 0 Å². The third-order valence-electron chi connectivity index (χ3n) is 12.2. The Morgan fingerprint density at radius 2 is 1.10 bits per heavy atom. The smallest absolute Gasteiger partial charge is 0.310 e. The van der Waals surface area contributed by atoms with Crippen LogP contribution in [0.5, 0.6) is 0 Å². The molecule has 0 heterocycles. The van der Waals surface area contributed by atoms with Gasteiger partial charge >= 0.3 is 6.18 Å². The Labute approximate surface area is 344 Å². The maximum absolute atomic E-state index is 13.9. The van der Waals surface area contributed by atoms with Crippen molar-refractivity contribution in [2.24, 2.45) is 5.92 Å². The van der Waals surface area contributed by atoms with Crippen LogP contribution >= 0.6 is 0 Å². The van der Waals surface area contributed by atoms with Gasteiger partial charge in [0, 0.05) is 28.9 Å². The van der Waals surface area contributed by atoms with Gasteiger partial charge in [-0.1, -0.05) is 140 Å². The number of alkyl halides is 3. The maximum Gasteiger partial charge on any atom is 0.416 e. The minimum atomic E-state index is -4.43. The summed E-state index contributed by atoms with van der Waals surface area (Å²) in [6.45, 7) is 0. The Bertz CT molecular complexity index is 2710. The van der Waals surface area contributed by atoms with Gasteiger partial charge < -0.3 is 4.90 Å². The molecule has 10 rings (SSSR count). The van der Waals surface area contributed by atoms with Crippen LogP contribution in [0.25, 0.3) is 27.8 Å². The van der Waals surface area contributed by atoms with Crippen LogP contribution in [0.2, 0.25) is 0 Å². The molecule has 0 bridgehead atoms. The number of allylic oxidation sites excluding steroid dienone is 12. The van der Waals surface area contributed by atoms with E-state index in [9.17, 15) is 13.2 Å². The molecule has 4 aliphatic carbocycles. The lowest BCUT2D eigenvalue weighted by atomic mass is 9.59. The highest BCUT2D eigenvalue weighted by Gasteiger charge is 2.43. The number of fused-ring (bicyclic) bond motifs is 5. The summed E-state index contributed by atoms with van der Waals surface area (Å²) in [5.41, 5.74) is 16.7. The molecule has 0 fully saturated rings. The second-order valence-corrected chi connectivity index (χ2v) is 15.7. The van der Waals surface area contributed by atoms with Crippen molar-refractivity contribution in [3.8, 4) is 11.1 Å². The molecule has 0 saturated carbocycles. The zero-order valence-corrected chi connectivity index (χ0v) is 32.5. The monoisotopic (exact) mass is 773 g/mol. The molecular formula is C55H42F3N. The highest BCUT2D eigenvalue weighted by atomic mass is 19.4. The summed E-state index contributed by atoms with van der Waals surface area (Å²) in [4.78, 5) is 2.09. The van der Waals surface area contributed by atoms with Gasteiger partial charge in [-0.15, -0.1) is 0 Å². The molecule has 2 unspecified atom stereocenters. The van der Waals surface area contributed by atoms with Gasteiger partial charge in [-0.2, -0.15) is 13.2 Å². The largest absolute Gasteiger partial charge is 0.416 e. The Kier molecular flexibility index (Phi) is 9.49. The van der Waals surface area contributed by atoms with Gasteiger partial charge in [-0.25, -0.2) is 0 Å². The van der Waals surface area contributed by atoms with E-state index in [-0.39, 0.29) is 11.8 Å². The Morgan fingerprint density at radius 1 is 0.508 bits per heavy atom. The SMILES string of the molecule is FC(F)(F)c1ccc(N(c2ccc(-c3ccccc3)cc2)c2ccc3c(c2)C2=C(C=CCC2)C2=C(c4ccccc4)C=C(c4ccccc4)C(C4=CCCC=C4)C23)cc1. The summed E-state index contributed by atoms with van der Waals surface area (Å²) in [7, 11) is 0. The lowest BCUT2D eigenvalue weighted by Gasteiger charge is -2.44. The zero-order valence-electron chi connectivity index (χ0n) is 32.5. The van der Waals surface area contributed by atoms with Crippen molar-refractivity contribution < 1.29 is 13.2 Å². The van der Waals surface area contributed by atoms with Crippen LogP contribution < -0.4 is 4.90 Å². The first-order valence-electron chi connectivity index (χ1n) is 20.5. The summed E-state index contributed by atoms with van der Waals surface area (Å²) in [6.07, 6.45) is 13.7. The van der Waals surface area contributed by atoms with Crippen molar-refractivity contribution in [3.63, 3.8) is 0 Å². The third kappa shape index (κ3) is 6.83. The molecule has 6 aromatic rings. The molecule has 59 heavy (non-hydrogen) atoms. The zero-order chi connectivity index (χ0) is 39.9. The molecule has 288 valence electrons. The van der Waals surface area contributed by atoms with Crippen LogP contribution in [0.3, 0.4) is 0 Å². The number of hydrogen-bond donors (Lipinski definition) is 0. The van der Waals surface area contributed by atoms with Crippen molar-refractivity contribution in [1.82, 2.24) is 0 Å². The standard InChI is InChI=1S/C55H42F3N/c56-55(57,58)42-27-31-44(32-28-42)59(43-29-25-38(26-30-43)37-15-5-1-6-16-37)45-33-34-48-51(35-45)46-23-13-14-24-47(46)53-50(40-19-9-3-10-20-40)36-49(39-17-7-2-8-18-39)52(54(48)53)41-21-11-4-12-22-41/h1-3,5-11,14-22,24-36,52,54H,4,12-13,23H2. The van der Waals surface area contributed by atoms with Crippen molar-refractivity contribution in [2.45, 2.75) is 37.8 Å². The molecule has 0 aromatic heterocycles. The van der Waals surface area contributed by atoms with Crippen LogP contribution in [0.15, 0.2) is 211 Å². The van der Waals surface area contributed by atoms with E-state index in [0.29, 0.717) is 5.69 Å². The minimum Gasteiger partial charge on any atom is -0.310 e. The summed E-state index contributed by atoms with van der Waals surface area (Å²) in [5, 5.41) is 0. The number of anilines is 3. The van der Waals surface area contributed by atoms with Crippen molar-refractivity contribution in [3.05, 3.63) is 239 Å². The van der Waals surface area contributed by atoms with Crippen LogP contribution in [-0.4, -0.2) is 0 Å². The fourth-order valence-electron chi connectivity index (χ4n) is 9.56. The van der Waals surface area contributed by atoms with E-state index in [2.05, 4.69) is 157 Å². The predicted octanol–water partition coefficient (Wildman–Crippen LogP) is 15.5. The lowest BCUT2D eigenvalue weighted by molar-refractivity contribution is -0.137. The van der Waals surface area contributed by atoms with E-state index < -0.39 is 11.7 Å². The highest BCUT2D eigenvalue weighted by Crippen LogP contribution is 2.59. The highest BCUT2D eigenvalue weighted by molar-refractivity contribution is 5.99. The second-order valence-electron chi connectivity index (χ2n) is 15.7. The first-order valence-corrected chi connectivity index (χ1v) is 20.5. The second kappa shape index (κ2) is 15.3. The molecule has 4 aliphatic rings. The molecule has 0 spiro atoms. The maximum atomic E-state index is 13.9. The lowest BCUT2D eigenvalue weighted by Crippen LogP contribution is -2.28.